The van der Waals surface area contributed by atoms with Crippen LogP contribution in [0.4, 0.5) is 5.69 Å². The molecule has 2 aromatic rings. The van der Waals surface area contributed by atoms with Gasteiger partial charge in [-0.1, -0.05) is 41.9 Å². The standard InChI is InChI=1S/C24H30ClN5O9S2/c1-13(28-18(23(32)33)8-7-14-5-3-2-4-6-14)22(31)30-12-15(9-19(30)24(34)35)29-41(38,39)20-11-21(40(27,36)37)17(26)10-16(20)25/h2-6,10-11,13,15,18-19,28-29H,7-9,12,26H2,1H3,(H,32,33)(H,34,35)(H2,27,36,37)/t13-,15-,18-,19-/m0/s1. The van der Waals surface area contributed by atoms with Crippen molar-refractivity contribution in [3.8, 4) is 0 Å². The minimum atomic E-state index is -4.54. The number of amides is 1. The van der Waals surface area contributed by atoms with Crippen LogP contribution in [0.25, 0.3) is 0 Å². The number of likely N-dealkylation sites (tertiary alicyclic amines) is 1. The first-order chi connectivity index (χ1) is 19.0. The predicted octanol–water partition coefficient (Wildman–Crippen LogP) is -0.0339. The first-order valence-corrected chi connectivity index (χ1v) is 15.6. The largest absolute Gasteiger partial charge is 0.480 e. The second-order valence-electron chi connectivity index (χ2n) is 9.57. The van der Waals surface area contributed by atoms with Gasteiger partial charge in [0.05, 0.1) is 16.8 Å². The molecule has 0 spiro atoms. The van der Waals surface area contributed by atoms with Crippen LogP contribution in [0, 0.1) is 0 Å². The number of anilines is 1. The Hall–Kier alpha value is -3.28. The molecule has 4 atom stereocenters. The number of rotatable bonds is 12. The minimum Gasteiger partial charge on any atom is -0.480 e. The number of benzene rings is 2. The topological polar surface area (TPSA) is 239 Å². The Morgan fingerprint density at radius 3 is 2.29 bits per heavy atom. The molecule has 0 aromatic heterocycles. The van der Waals surface area contributed by atoms with Crippen LogP contribution in [0.15, 0.2) is 52.3 Å². The van der Waals surface area contributed by atoms with E-state index in [1.165, 1.54) is 6.92 Å². The number of carbonyl (C=O) groups excluding carboxylic acids is 1. The number of nitrogens with zero attached hydrogens (tertiary/aromatic N) is 1. The maximum atomic E-state index is 13.2. The molecule has 2 aromatic carbocycles. The number of hydrogen-bond acceptors (Lipinski definition) is 9. The van der Waals surface area contributed by atoms with E-state index in [1.807, 2.05) is 30.3 Å². The van der Waals surface area contributed by atoms with Gasteiger partial charge in [-0.2, -0.15) is 0 Å². The zero-order valence-electron chi connectivity index (χ0n) is 21.7. The number of nitrogen functional groups attached to an aromatic ring is 1. The summed E-state index contributed by atoms with van der Waals surface area (Å²) in [5.74, 6) is -3.33. The van der Waals surface area contributed by atoms with Crippen molar-refractivity contribution in [3.63, 3.8) is 0 Å². The van der Waals surface area contributed by atoms with E-state index in [0.29, 0.717) is 12.5 Å². The zero-order chi connectivity index (χ0) is 30.7. The van der Waals surface area contributed by atoms with E-state index in [9.17, 15) is 41.4 Å². The third-order valence-corrected chi connectivity index (χ3v) is 9.49. The lowest BCUT2D eigenvalue weighted by molar-refractivity contribution is -0.149. The van der Waals surface area contributed by atoms with Crippen molar-refractivity contribution in [3.05, 3.63) is 53.1 Å². The van der Waals surface area contributed by atoms with Gasteiger partial charge in [-0.3, -0.25) is 14.9 Å². The molecule has 224 valence electrons. The van der Waals surface area contributed by atoms with Gasteiger partial charge in [0.1, 0.15) is 21.9 Å². The van der Waals surface area contributed by atoms with E-state index in [4.69, 9.17) is 22.5 Å². The van der Waals surface area contributed by atoms with Crippen LogP contribution in [0.5, 0.6) is 0 Å². The summed E-state index contributed by atoms with van der Waals surface area (Å²) >= 11 is 6.01. The number of aliphatic carboxylic acids is 2. The molecule has 0 bridgehead atoms. The van der Waals surface area contributed by atoms with E-state index in [1.54, 1.807) is 0 Å². The summed E-state index contributed by atoms with van der Waals surface area (Å²) in [6, 6.07) is 5.97. The highest BCUT2D eigenvalue weighted by atomic mass is 35.5. The minimum absolute atomic E-state index is 0.157. The van der Waals surface area contributed by atoms with Crippen LogP contribution in [-0.2, 0) is 40.9 Å². The van der Waals surface area contributed by atoms with Gasteiger partial charge in [-0.05, 0) is 43.9 Å². The zero-order valence-corrected chi connectivity index (χ0v) is 24.1. The summed E-state index contributed by atoms with van der Waals surface area (Å²) in [7, 11) is -8.94. The highest BCUT2D eigenvalue weighted by molar-refractivity contribution is 7.90. The number of carbonyl (C=O) groups is 3. The molecular formula is C24H30ClN5O9S2. The van der Waals surface area contributed by atoms with Gasteiger partial charge in [0, 0.05) is 12.6 Å². The van der Waals surface area contributed by atoms with Crippen LogP contribution in [0.1, 0.15) is 25.3 Å². The summed E-state index contributed by atoms with van der Waals surface area (Å²) < 4.78 is 52.1. The Bertz CT molecular complexity index is 1540. The summed E-state index contributed by atoms with van der Waals surface area (Å²) in [6.45, 7) is 1.03. The Labute approximate surface area is 241 Å². The number of nitrogens with one attached hydrogen (secondary N) is 2. The lowest BCUT2D eigenvalue weighted by Crippen LogP contribution is -2.53. The molecule has 1 heterocycles. The molecule has 1 aliphatic rings. The fraction of sp³-hybridized carbons (Fsp3) is 0.375. The fourth-order valence-corrected chi connectivity index (χ4v) is 7.09. The molecule has 0 saturated carbocycles. The maximum Gasteiger partial charge on any atom is 0.326 e. The quantitative estimate of drug-likeness (QED) is 0.170. The van der Waals surface area contributed by atoms with Gasteiger partial charge in [0.25, 0.3) is 0 Å². The van der Waals surface area contributed by atoms with Crippen molar-refractivity contribution < 1.29 is 41.4 Å². The van der Waals surface area contributed by atoms with Crippen LogP contribution >= 0.6 is 11.6 Å². The van der Waals surface area contributed by atoms with Crippen molar-refractivity contribution >= 4 is 55.2 Å². The van der Waals surface area contributed by atoms with Crippen LogP contribution in [0.3, 0.4) is 0 Å². The predicted molar refractivity (Wildman–Crippen MR) is 148 cm³/mol. The van der Waals surface area contributed by atoms with Gasteiger partial charge < -0.3 is 20.8 Å². The molecule has 3 rings (SSSR count). The van der Waals surface area contributed by atoms with Gasteiger partial charge in [-0.15, -0.1) is 0 Å². The van der Waals surface area contributed by atoms with E-state index >= 15 is 0 Å². The van der Waals surface area contributed by atoms with Crippen molar-refractivity contribution in [2.45, 2.75) is 60.1 Å². The van der Waals surface area contributed by atoms with E-state index < -0.39 is 76.9 Å². The first-order valence-electron chi connectivity index (χ1n) is 12.2. The number of sulfonamides is 2. The SMILES string of the molecule is C[C@H](N[C@@H](CCc1ccccc1)C(=O)O)C(=O)N1C[C@@H](NS(=O)(=O)c2cc(S(N)(=O)=O)c(N)cc2Cl)C[C@H]1C(=O)O. The number of primary sulfonamides is 1. The molecule has 0 aliphatic carbocycles. The third kappa shape index (κ3) is 7.93. The number of nitrogens with two attached hydrogens (primary N) is 2. The molecular weight excluding hydrogens is 602 g/mol. The number of carboxylic acids is 2. The van der Waals surface area contributed by atoms with Crippen molar-refractivity contribution in [2.75, 3.05) is 12.3 Å². The van der Waals surface area contributed by atoms with E-state index in [0.717, 1.165) is 16.5 Å². The normalized spacial score (nSPS) is 19.0. The van der Waals surface area contributed by atoms with Crippen LogP contribution in [-0.4, -0.2) is 80.5 Å². The molecule has 17 heteroatoms. The van der Waals surface area contributed by atoms with Crippen LogP contribution < -0.4 is 20.9 Å². The number of hydrogen-bond donors (Lipinski definition) is 6. The second kappa shape index (κ2) is 12.7. The highest BCUT2D eigenvalue weighted by Gasteiger charge is 2.43. The lowest BCUT2D eigenvalue weighted by Gasteiger charge is -2.27. The Morgan fingerprint density at radius 2 is 1.73 bits per heavy atom. The molecule has 41 heavy (non-hydrogen) atoms. The monoisotopic (exact) mass is 631 g/mol. The Morgan fingerprint density at radius 1 is 1.10 bits per heavy atom. The average molecular weight is 632 g/mol. The summed E-state index contributed by atoms with van der Waals surface area (Å²) in [4.78, 5) is 36.6. The fourth-order valence-electron chi connectivity index (χ4n) is 4.54. The van der Waals surface area contributed by atoms with E-state index in [2.05, 4.69) is 10.0 Å². The van der Waals surface area contributed by atoms with Crippen molar-refractivity contribution in [1.29, 1.82) is 0 Å². The Kier molecular flexibility index (Phi) is 9.99. The van der Waals surface area contributed by atoms with Crippen molar-refractivity contribution in [1.82, 2.24) is 14.9 Å². The van der Waals surface area contributed by atoms with Gasteiger partial charge in [-0.25, -0.2) is 31.5 Å². The number of aryl methyl sites for hydroxylation is 1. The molecule has 1 saturated heterocycles. The lowest BCUT2D eigenvalue weighted by atomic mass is 10.0. The summed E-state index contributed by atoms with van der Waals surface area (Å²) in [5, 5.41) is 26.8. The highest BCUT2D eigenvalue weighted by Crippen LogP contribution is 2.30. The third-order valence-electron chi connectivity index (χ3n) is 6.54. The molecule has 1 fully saturated rings. The molecule has 0 radical (unpaired) electrons. The first kappa shape index (κ1) is 32.2. The number of carboxylic acid groups (broad SMARTS) is 2. The smallest absolute Gasteiger partial charge is 0.326 e. The van der Waals surface area contributed by atoms with Gasteiger partial charge in [0.2, 0.25) is 26.0 Å². The number of halogens is 1. The maximum absolute atomic E-state index is 13.2. The Balaban J connectivity index is 1.76. The average Bonchev–Trinajstić information content (AvgIpc) is 3.28. The summed E-state index contributed by atoms with van der Waals surface area (Å²) in [5.41, 5.74) is 6.14. The molecule has 8 N–H and O–H groups in total. The van der Waals surface area contributed by atoms with Gasteiger partial charge in [0.15, 0.2) is 0 Å². The molecule has 0 unspecified atom stereocenters. The van der Waals surface area contributed by atoms with Crippen molar-refractivity contribution in [2.24, 2.45) is 5.14 Å². The van der Waals surface area contributed by atoms with Gasteiger partial charge >= 0.3 is 11.9 Å². The molecule has 14 nitrogen and oxygen atoms in total. The van der Waals surface area contributed by atoms with Crippen LogP contribution in [0.2, 0.25) is 5.02 Å². The second-order valence-corrected chi connectivity index (χ2v) is 13.2. The van der Waals surface area contributed by atoms with E-state index in [-0.39, 0.29) is 25.1 Å². The molecule has 1 aliphatic heterocycles. The molecule has 1 amide bonds. The summed E-state index contributed by atoms with van der Waals surface area (Å²) in [6.07, 6.45) is 0.251.